The lowest BCUT2D eigenvalue weighted by atomic mass is 9.68. The largest absolute Gasteiger partial charge is 0.329 e. The summed E-state index contributed by atoms with van der Waals surface area (Å²) in [4.78, 5) is 12.0. The molecule has 2 aliphatic rings. The zero-order chi connectivity index (χ0) is 10.7. The summed E-state index contributed by atoms with van der Waals surface area (Å²) in [7, 11) is 0. The molecule has 1 aliphatic heterocycles. The number of rotatable bonds is 3. The smallest absolute Gasteiger partial charge is 0.241 e. The van der Waals surface area contributed by atoms with E-state index in [0.29, 0.717) is 6.54 Å². The standard InChI is InChI=1S/C11H21N3O/c12-9-11(5-4-6-11)10(15)13-14-7-2-1-3-8-14/h1-9,12H2,(H,13,15). The van der Waals surface area contributed by atoms with Crippen LogP contribution in [0.2, 0.25) is 0 Å². The van der Waals surface area contributed by atoms with Crippen molar-refractivity contribution < 1.29 is 4.79 Å². The van der Waals surface area contributed by atoms with E-state index in [4.69, 9.17) is 5.73 Å². The Morgan fingerprint density at radius 3 is 2.33 bits per heavy atom. The summed E-state index contributed by atoms with van der Waals surface area (Å²) in [5.41, 5.74) is 8.48. The van der Waals surface area contributed by atoms with Gasteiger partial charge in [-0.15, -0.1) is 0 Å². The van der Waals surface area contributed by atoms with E-state index in [9.17, 15) is 4.79 Å². The number of hydrazine groups is 1. The van der Waals surface area contributed by atoms with Crippen LogP contribution in [0.3, 0.4) is 0 Å². The number of nitrogens with zero attached hydrogens (tertiary/aromatic N) is 1. The molecular formula is C11H21N3O. The predicted octanol–water partition coefficient (Wildman–Crippen LogP) is 0.632. The maximum absolute atomic E-state index is 12.0. The van der Waals surface area contributed by atoms with E-state index in [2.05, 4.69) is 10.4 Å². The highest BCUT2D eigenvalue weighted by atomic mass is 16.2. The van der Waals surface area contributed by atoms with Gasteiger partial charge in [-0.2, -0.15) is 0 Å². The zero-order valence-corrected chi connectivity index (χ0v) is 9.30. The van der Waals surface area contributed by atoms with Crippen LogP contribution in [0.1, 0.15) is 38.5 Å². The normalized spacial score (nSPS) is 25.7. The average Bonchev–Trinajstić information content (AvgIpc) is 2.18. The molecule has 0 atom stereocenters. The summed E-state index contributed by atoms with van der Waals surface area (Å²) >= 11 is 0. The molecule has 2 fully saturated rings. The molecule has 0 aromatic carbocycles. The Hall–Kier alpha value is -0.610. The van der Waals surface area contributed by atoms with Crippen molar-refractivity contribution in [1.29, 1.82) is 0 Å². The number of amides is 1. The van der Waals surface area contributed by atoms with E-state index in [0.717, 1.165) is 32.4 Å². The summed E-state index contributed by atoms with van der Waals surface area (Å²) in [6.45, 7) is 2.48. The molecule has 0 bridgehead atoms. The van der Waals surface area contributed by atoms with Crippen molar-refractivity contribution in [2.45, 2.75) is 38.5 Å². The molecule has 3 N–H and O–H groups in total. The second kappa shape index (κ2) is 4.49. The fourth-order valence-electron chi connectivity index (χ4n) is 2.40. The second-order valence-corrected chi connectivity index (χ2v) is 4.83. The zero-order valence-electron chi connectivity index (χ0n) is 9.30. The van der Waals surface area contributed by atoms with E-state index in [1.165, 1.54) is 19.3 Å². The lowest BCUT2D eigenvalue weighted by Gasteiger charge is -2.41. The number of carbonyl (C=O) groups excluding carboxylic acids is 1. The van der Waals surface area contributed by atoms with Crippen molar-refractivity contribution in [2.75, 3.05) is 19.6 Å². The van der Waals surface area contributed by atoms with Gasteiger partial charge in [0.1, 0.15) is 0 Å². The van der Waals surface area contributed by atoms with Gasteiger partial charge in [-0.1, -0.05) is 12.8 Å². The van der Waals surface area contributed by atoms with Crippen LogP contribution in [0.25, 0.3) is 0 Å². The third-order valence-corrected chi connectivity index (χ3v) is 3.80. The topological polar surface area (TPSA) is 58.4 Å². The molecule has 0 spiro atoms. The molecule has 1 aliphatic carbocycles. The minimum atomic E-state index is -0.239. The molecule has 15 heavy (non-hydrogen) atoms. The molecule has 1 heterocycles. The molecule has 1 saturated carbocycles. The van der Waals surface area contributed by atoms with Gasteiger partial charge in [-0.3, -0.25) is 10.2 Å². The minimum absolute atomic E-state index is 0.151. The van der Waals surface area contributed by atoms with Gasteiger partial charge in [0, 0.05) is 19.6 Å². The van der Waals surface area contributed by atoms with Gasteiger partial charge < -0.3 is 5.73 Å². The van der Waals surface area contributed by atoms with E-state index in [1.54, 1.807) is 0 Å². The quantitative estimate of drug-likeness (QED) is 0.720. The summed E-state index contributed by atoms with van der Waals surface area (Å²) in [5, 5.41) is 2.06. The molecule has 4 nitrogen and oxygen atoms in total. The van der Waals surface area contributed by atoms with Gasteiger partial charge in [0.25, 0.3) is 0 Å². The maximum atomic E-state index is 12.0. The first-order chi connectivity index (χ1) is 7.27. The number of nitrogens with two attached hydrogens (primary N) is 1. The van der Waals surface area contributed by atoms with E-state index < -0.39 is 0 Å². The summed E-state index contributed by atoms with van der Waals surface area (Å²) in [6, 6.07) is 0. The van der Waals surface area contributed by atoms with Crippen molar-refractivity contribution >= 4 is 5.91 Å². The third-order valence-electron chi connectivity index (χ3n) is 3.80. The first-order valence-corrected chi connectivity index (χ1v) is 6.03. The SMILES string of the molecule is NCC1(C(=O)NN2CCCCC2)CCC1. The van der Waals surface area contributed by atoms with Crippen molar-refractivity contribution in [1.82, 2.24) is 10.4 Å². The van der Waals surface area contributed by atoms with Crippen molar-refractivity contribution in [2.24, 2.45) is 11.1 Å². The Labute approximate surface area is 91.2 Å². The number of hydrogen-bond acceptors (Lipinski definition) is 3. The summed E-state index contributed by atoms with van der Waals surface area (Å²) in [5.74, 6) is 0.151. The number of nitrogens with one attached hydrogen (secondary N) is 1. The first kappa shape index (κ1) is 10.9. The van der Waals surface area contributed by atoms with Gasteiger partial charge in [0.2, 0.25) is 5.91 Å². The predicted molar refractivity (Wildman–Crippen MR) is 58.9 cm³/mol. The maximum Gasteiger partial charge on any atom is 0.241 e. The van der Waals surface area contributed by atoms with E-state index in [-0.39, 0.29) is 11.3 Å². The molecule has 2 rings (SSSR count). The van der Waals surface area contributed by atoms with Crippen LogP contribution in [0.4, 0.5) is 0 Å². The van der Waals surface area contributed by atoms with Crippen LogP contribution in [0.15, 0.2) is 0 Å². The molecule has 0 radical (unpaired) electrons. The third kappa shape index (κ3) is 2.16. The Bertz CT molecular complexity index is 226. The van der Waals surface area contributed by atoms with Crippen LogP contribution in [-0.4, -0.2) is 30.6 Å². The molecule has 0 aromatic heterocycles. The van der Waals surface area contributed by atoms with Crippen LogP contribution in [0.5, 0.6) is 0 Å². The number of hydrogen-bond donors (Lipinski definition) is 2. The van der Waals surface area contributed by atoms with E-state index >= 15 is 0 Å². The minimum Gasteiger partial charge on any atom is -0.329 e. The lowest BCUT2D eigenvalue weighted by Crippen LogP contribution is -2.56. The van der Waals surface area contributed by atoms with Crippen LogP contribution < -0.4 is 11.2 Å². The Morgan fingerprint density at radius 1 is 1.20 bits per heavy atom. The molecule has 0 unspecified atom stereocenters. The van der Waals surface area contributed by atoms with Crippen molar-refractivity contribution in [3.8, 4) is 0 Å². The fourth-order valence-corrected chi connectivity index (χ4v) is 2.40. The summed E-state index contributed by atoms with van der Waals surface area (Å²) < 4.78 is 0. The van der Waals surface area contributed by atoms with E-state index in [1.807, 2.05) is 0 Å². The number of piperidine rings is 1. The highest BCUT2D eigenvalue weighted by Gasteiger charge is 2.43. The fraction of sp³-hybridized carbons (Fsp3) is 0.909. The number of carbonyl (C=O) groups is 1. The van der Waals surface area contributed by atoms with Gasteiger partial charge in [0.05, 0.1) is 5.41 Å². The van der Waals surface area contributed by atoms with Crippen molar-refractivity contribution in [3.63, 3.8) is 0 Å². The van der Waals surface area contributed by atoms with Gasteiger partial charge in [-0.25, -0.2) is 5.01 Å². The van der Waals surface area contributed by atoms with Crippen LogP contribution in [0, 0.1) is 5.41 Å². The Balaban J connectivity index is 1.85. The molecule has 0 aromatic rings. The molecular weight excluding hydrogens is 190 g/mol. The lowest BCUT2D eigenvalue weighted by molar-refractivity contribution is -0.141. The van der Waals surface area contributed by atoms with Crippen molar-refractivity contribution in [3.05, 3.63) is 0 Å². The molecule has 4 heteroatoms. The highest BCUT2D eigenvalue weighted by Crippen LogP contribution is 2.40. The van der Waals surface area contributed by atoms with Gasteiger partial charge in [-0.05, 0) is 25.7 Å². The summed E-state index contributed by atoms with van der Waals surface area (Å²) in [6.07, 6.45) is 6.73. The van der Waals surface area contributed by atoms with Gasteiger partial charge >= 0.3 is 0 Å². The monoisotopic (exact) mass is 211 g/mol. The Kier molecular flexibility index (Phi) is 3.26. The van der Waals surface area contributed by atoms with Crippen LogP contribution >= 0.6 is 0 Å². The highest BCUT2D eigenvalue weighted by molar-refractivity contribution is 5.83. The second-order valence-electron chi connectivity index (χ2n) is 4.83. The first-order valence-electron chi connectivity index (χ1n) is 6.03. The molecule has 1 amide bonds. The molecule has 86 valence electrons. The Morgan fingerprint density at radius 2 is 1.87 bits per heavy atom. The average molecular weight is 211 g/mol. The van der Waals surface area contributed by atoms with Crippen LogP contribution in [-0.2, 0) is 4.79 Å². The van der Waals surface area contributed by atoms with Gasteiger partial charge in [0.15, 0.2) is 0 Å². The molecule has 1 saturated heterocycles.